The van der Waals surface area contributed by atoms with Gasteiger partial charge in [0.25, 0.3) is 5.91 Å². The molecule has 0 radical (unpaired) electrons. The highest BCUT2D eigenvalue weighted by molar-refractivity contribution is 6.30. The summed E-state index contributed by atoms with van der Waals surface area (Å²) in [6.07, 6.45) is 0.664. The Morgan fingerprint density at radius 3 is 2.44 bits per heavy atom. The predicted molar refractivity (Wildman–Crippen MR) is 156 cm³/mol. The van der Waals surface area contributed by atoms with Crippen molar-refractivity contribution in [1.29, 1.82) is 0 Å². The number of benzene rings is 3. The number of hydrogen-bond acceptors (Lipinski definition) is 5. The molecule has 1 fully saturated rings. The lowest BCUT2D eigenvalue weighted by molar-refractivity contribution is -0.114. The number of hydrogen-bond donors (Lipinski definition) is 4. The number of nitrogens with zero attached hydrogens (tertiary/aromatic N) is 2. The van der Waals surface area contributed by atoms with E-state index < -0.39 is 17.8 Å². The quantitative estimate of drug-likeness (QED) is 0.247. The van der Waals surface area contributed by atoms with Crippen molar-refractivity contribution in [1.82, 2.24) is 19.8 Å². The maximum absolute atomic E-state index is 15.1. The van der Waals surface area contributed by atoms with E-state index in [0.717, 1.165) is 11.1 Å². The van der Waals surface area contributed by atoms with Crippen molar-refractivity contribution in [3.63, 3.8) is 0 Å². The first kappa shape index (κ1) is 28.5. The molecule has 0 spiro atoms. The summed E-state index contributed by atoms with van der Waals surface area (Å²) in [6, 6.07) is 16.5. The van der Waals surface area contributed by atoms with Gasteiger partial charge in [0.1, 0.15) is 5.82 Å². The summed E-state index contributed by atoms with van der Waals surface area (Å²) in [7, 11) is 0. The van der Waals surface area contributed by atoms with E-state index in [9.17, 15) is 19.5 Å². The molecule has 3 aromatic carbocycles. The zero-order valence-electron chi connectivity index (χ0n) is 22.5. The molecule has 1 aromatic heterocycles. The molecular weight excluding hydrogens is 549 g/mol. The molecule has 4 N–H and O–H groups in total. The smallest absolute Gasteiger partial charge is 0.326 e. The molecule has 1 unspecified atom stereocenters. The number of anilines is 1. The number of imidazole rings is 1. The molecular formula is C30H31ClFN5O4. The summed E-state index contributed by atoms with van der Waals surface area (Å²) in [5.41, 5.74) is 2.50. The number of nitrogens with one attached hydrogen (secondary N) is 3. The summed E-state index contributed by atoms with van der Waals surface area (Å²) >= 11 is 5.94. The van der Waals surface area contributed by atoms with Crippen LogP contribution in [0.1, 0.15) is 53.4 Å². The Balaban J connectivity index is 1.23. The fourth-order valence-corrected chi connectivity index (χ4v) is 5.39. The Morgan fingerprint density at radius 1 is 1.10 bits per heavy atom. The number of aromatic amines is 1. The van der Waals surface area contributed by atoms with Gasteiger partial charge in [0.2, 0.25) is 5.91 Å². The normalized spacial score (nSPS) is 15.1. The second kappa shape index (κ2) is 12.3. The van der Waals surface area contributed by atoms with Gasteiger partial charge in [-0.1, -0.05) is 35.9 Å². The van der Waals surface area contributed by atoms with Crippen molar-refractivity contribution in [2.24, 2.45) is 0 Å². The fourth-order valence-electron chi connectivity index (χ4n) is 5.27. The van der Waals surface area contributed by atoms with Gasteiger partial charge < -0.3 is 25.6 Å². The minimum absolute atomic E-state index is 0.139. The van der Waals surface area contributed by atoms with Crippen molar-refractivity contribution in [2.75, 3.05) is 25.0 Å². The molecule has 1 atom stereocenters. The van der Waals surface area contributed by atoms with Gasteiger partial charge in [0.05, 0.1) is 22.7 Å². The number of piperidine rings is 1. The van der Waals surface area contributed by atoms with E-state index >= 15 is 4.39 Å². The molecule has 214 valence electrons. The third-order valence-corrected chi connectivity index (χ3v) is 7.64. The molecule has 2 amide bonds. The van der Waals surface area contributed by atoms with Gasteiger partial charge in [-0.3, -0.25) is 14.2 Å². The van der Waals surface area contributed by atoms with Crippen molar-refractivity contribution < 1.29 is 19.1 Å². The number of likely N-dealkylation sites (tertiary alicyclic amines) is 1. The molecule has 0 aliphatic carbocycles. The summed E-state index contributed by atoms with van der Waals surface area (Å²) in [6.45, 7) is 3.39. The van der Waals surface area contributed by atoms with Crippen LogP contribution in [0.5, 0.6) is 0 Å². The second-order valence-electron chi connectivity index (χ2n) is 10.3. The van der Waals surface area contributed by atoms with Crippen LogP contribution in [0, 0.1) is 5.82 Å². The molecule has 1 saturated heterocycles. The van der Waals surface area contributed by atoms with E-state index in [1.54, 1.807) is 53.1 Å². The number of aliphatic hydroxyl groups is 1. The highest BCUT2D eigenvalue weighted by Crippen LogP contribution is 2.28. The molecule has 0 saturated carbocycles. The van der Waals surface area contributed by atoms with Crippen molar-refractivity contribution in [2.45, 2.75) is 38.5 Å². The Hall–Kier alpha value is -3.99. The highest BCUT2D eigenvalue weighted by atomic mass is 35.5. The number of carbonyl (C=O) groups excluding carboxylic acids is 2. The van der Waals surface area contributed by atoms with Crippen LogP contribution in [0.25, 0.3) is 11.0 Å². The molecule has 0 bridgehead atoms. The number of β-amino-alcohol motifs (C(OH)–C–C–N with tert-alkyl or cyclic N) is 1. The fraction of sp³-hybridized carbons (Fsp3) is 0.300. The van der Waals surface area contributed by atoms with Crippen LogP contribution in [-0.2, 0) is 11.3 Å². The number of carbonyl (C=O) groups is 2. The third-order valence-electron chi connectivity index (χ3n) is 7.39. The Labute approximate surface area is 240 Å². The Bertz CT molecular complexity index is 1610. The molecule has 4 aromatic rings. The number of halogens is 2. The number of amides is 2. The van der Waals surface area contributed by atoms with Crippen molar-refractivity contribution in [3.8, 4) is 0 Å². The summed E-state index contributed by atoms with van der Waals surface area (Å²) in [5, 5.41) is 16.6. The van der Waals surface area contributed by atoms with Crippen LogP contribution < -0.4 is 16.3 Å². The minimum Gasteiger partial charge on any atom is -0.387 e. The zero-order chi connectivity index (χ0) is 29.1. The lowest BCUT2D eigenvalue weighted by Crippen LogP contribution is -2.39. The Kier molecular flexibility index (Phi) is 8.53. The number of aliphatic hydroxyl groups excluding tert-OH is 1. The lowest BCUT2D eigenvalue weighted by Gasteiger charge is -2.33. The Morgan fingerprint density at radius 2 is 1.78 bits per heavy atom. The first-order chi connectivity index (χ1) is 19.7. The molecule has 1 aliphatic rings. The standard InChI is InChI=1S/C30H31ClFN5O4/c1-18(38)34-22-8-2-19(3-9-22)16-33-29(40)24-14-26-27(15-25(24)32)37(30(41)35-26)23-10-12-36(13-11-23)17-28(39)20-4-6-21(31)7-5-20/h2-9,14-15,23,28,39H,10-13,16-17H2,1H3,(H,33,40)(H,34,38)(H,35,41). The number of aromatic nitrogens is 2. The highest BCUT2D eigenvalue weighted by Gasteiger charge is 2.26. The van der Waals surface area contributed by atoms with Gasteiger partial charge in [-0.2, -0.15) is 0 Å². The maximum Gasteiger partial charge on any atom is 0.326 e. The first-order valence-electron chi connectivity index (χ1n) is 13.4. The topological polar surface area (TPSA) is 119 Å². The van der Waals surface area contributed by atoms with Gasteiger partial charge in [0.15, 0.2) is 0 Å². The van der Waals surface area contributed by atoms with E-state index in [4.69, 9.17) is 11.6 Å². The average Bonchev–Trinajstić information content (AvgIpc) is 3.27. The summed E-state index contributed by atoms with van der Waals surface area (Å²) < 4.78 is 16.7. The van der Waals surface area contributed by atoms with Crippen LogP contribution in [0.4, 0.5) is 10.1 Å². The van der Waals surface area contributed by atoms with Crippen LogP contribution in [0.2, 0.25) is 5.02 Å². The number of H-pyrrole nitrogens is 1. The zero-order valence-corrected chi connectivity index (χ0v) is 23.2. The van der Waals surface area contributed by atoms with Gasteiger partial charge in [-0.15, -0.1) is 0 Å². The largest absolute Gasteiger partial charge is 0.387 e. The van der Waals surface area contributed by atoms with Gasteiger partial charge in [-0.05, 0) is 54.3 Å². The third kappa shape index (κ3) is 6.67. The minimum atomic E-state index is -0.715. The molecule has 2 heterocycles. The summed E-state index contributed by atoms with van der Waals surface area (Å²) in [5.74, 6) is -1.50. The van der Waals surface area contributed by atoms with Crippen molar-refractivity contribution in [3.05, 3.63) is 98.7 Å². The number of fused-ring (bicyclic) bond motifs is 1. The lowest BCUT2D eigenvalue weighted by atomic mass is 10.0. The van der Waals surface area contributed by atoms with Gasteiger partial charge >= 0.3 is 5.69 Å². The van der Waals surface area contributed by atoms with Crippen LogP contribution in [-0.4, -0.2) is 51.0 Å². The summed E-state index contributed by atoms with van der Waals surface area (Å²) in [4.78, 5) is 41.8. The van der Waals surface area contributed by atoms with Crippen LogP contribution in [0.15, 0.2) is 65.5 Å². The average molecular weight is 580 g/mol. The maximum atomic E-state index is 15.1. The second-order valence-corrected chi connectivity index (χ2v) is 10.7. The van der Waals surface area contributed by atoms with Gasteiger partial charge in [-0.25, -0.2) is 9.18 Å². The molecule has 11 heteroatoms. The molecule has 9 nitrogen and oxygen atoms in total. The molecule has 5 rings (SSSR count). The molecule has 41 heavy (non-hydrogen) atoms. The predicted octanol–water partition coefficient (Wildman–Crippen LogP) is 4.38. The van der Waals surface area contributed by atoms with E-state index in [-0.39, 0.29) is 29.7 Å². The van der Waals surface area contributed by atoms with E-state index in [0.29, 0.717) is 54.2 Å². The van der Waals surface area contributed by atoms with E-state index in [1.165, 1.54) is 19.1 Å². The van der Waals surface area contributed by atoms with Crippen molar-refractivity contribution >= 4 is 40.1 Å². The number of rotatable bonds is 8. The van der Waals surface area contributed by atoms with E-state index in [2.05, 4.69) is 20.5 Å². The molecule has 1 aliphatic heterocycles. The SMILES string of the molecule is CC(=O)Nc1ccc(CNC(=O)c2cc3[nH]c(=O)n(C4CCN(CC(O)c5ccc(Cl)cc5)CC4)c3cc2F)cc1. The monoisotopic (exact) mass is 579 g/mol. The van der Waals surface area contributed by atoms with Crippen LogP contribution >= 0.6 is 11.6 Å². The van der Waals surface area contributed by atoms with E-state index in [1.807, 2.05) is 0 Å². The van der Waals surface area contributed by atoms with Crippen LogP contribution in [0.3, 0.4) is 0 Å². The van der Waals surface area contributed by atoms with Gasteiger partial charge in [0, 0.05) is 55.9 Å². The first-order valence-corrected chi connectivity index (χ1v) is 13.8.